The van der Waals surface area contributed by atoms with Gasteiger partial charge in [-0.05, 0) is 38.0 Å². The highest BCUT2D eigenvalue weighted by Crippen LogP contribution is 2.29. The van der Waals surface area contributed by atoms with E-state index in [-0.39, 0.29) is 6.61 Å². The molecular weight excluding hydrogens is 296 g/mol. The van der Waals surface area contributed by atoms with Crippen LogP contribution in [0.2, 0.25) is 0 Å². The molecule has 0 aliphatic heterocycles. The first kappa shape index (κ1) is 15.5. The summed E-state index contributed by atoms with van der Waals surface area (Å²) in [6, 6.07) is 5.49. The van der Waals surface area contributed by atoms with Gasteiger partial charge in [0.1, 0.15) is 12.4 Å². The van der Waals surface area contributed by atoms with E-state index in [4.69, 9.17) is 4.74 Å². The molecule has 0 aromatic heterocycles. The van der Waals surface area contributed by atoms with Crippen molar-refractivity contribution in [2.45, 2.75) is 45.3 Å². The van der Waals surface area contributed by atoms with Crippen LogP contribution in [0.15, 0.2) is 22.7 Å². The zero-order valence-corrected chi connectivity index (χ0v) is 12.7. The molecule has 0 aliphatic rings. The molecule has 1 aromatic carbocycles. The zero-order valence-electron chi connectivity index (χ0n) is 11.1. The van der Waals surface area contributed by atoms with E-state index >= 15 is 0 Å². The van der Waals surface area contributed by atoms with Crippen LogP contribution in [0.5, 0.6) is 5.75 Å². The molecule has 1 rings (SSSR count). The number of halogens is 1. The van der Waals surface area contributed by atoms with E-state index in [1.807, 2.05) is 26.0 Å². The Kier molecular flexibility index (Phi) is 5.63. The molecule has 0 aliphatic carbocycles. The minimum absolute atomic E-state index is 0.237. The van der Waals surface area contributed by atoms with Crippen LogP contribution in [0.1, 0.15) is 45.3 Å². The number of hydrogen-bond donors (Lipinski definition) is 2. The topological polar surface area (TPSA) is 49.7 Å². The summed E-state index contributed by atoms with van der Waals surface area (Å²) in [5.41, 5.74) is -0.0813. The molecule has 1 atom stereocenters. The minimum Gasteiger partial charge on any atom is -0.490 e. The van der Waals surface area contributed by atoms with Gasteiger partial charge < -0.3 is 14.9 Å². The monoisotopic (exact) mass is 316 g/mol. The smallest absolute Gasteiger partial charge is 0.125 e. The molecule has 3 nitrogen and oxygen atoms in total. The van der Waals surface area contributed by atoms with Crippen LogP contribution in [-0.4, -0.2) is 22.4 Å². The van der Waals surface area contributed by atoms with Crippen LogP contribution in [0.25, 0.3) is 0 Å². The molecule has 0 saturated heterocycles. The molecular formula is C14H21BrO3. The second-order valence-corrected chi connectivity index (χ2v) is 5.49. The van der Waals surface area contributed by atoms with Crippen LogP contribution in [-0.2, 0) is 0 Å². The summed E-state index contributed by atoms with van der Waals surface area (Å²) in [6.07, 6.45) is 0.683. The fraction of sp³-hybridized carbons (Fsp3) is 0.571. The van der Waals surface area contributed by atoms with E-state index in [2.05, 4.69) is 15.9 Å². The van der Waals surface area contributed by atoms with Crippen LogP contribution in [0, 0.1) is 0 Å². The number of rotatable bonds is 6. The van der Waals surface area contributed by atoms with Crippen LogP contribution in [0.4, 0.5) is 0 Å². The Morgan fingerprint density at radius 1 is 1.33 bits per heavy atom. The van der Waals surface area contributed by atoms with Crippen molar-refractivity contribution in [1.29, 1.82) is 0 Å². The molecule has 0 fully saturated rings. The lowest BCUT2D eigenvalue weighted by Gasteiger charge is -2.26. The molecule has 2 N–H and O–H groups in total. The Morgan fingerprint density at radius 3 is 2.44 bits per heavy atom. The average Bonchev–Trinajstić information content (AvgIpc) is 2.36. The van der Waals surface area contributed by atoms with E-state index in [9.17, 15) is 10.2 Å². The predicted molar refractivity (Wildman–Crippen MR) is 75.8 cm³/mol. The molecule has 0 bridgehead atoms. The van der Waals surface area contributed by atoms with Crippen LogP contribution < -0.4 is 4.74 Å². The Morgan fingerprint density at radius 2 is 1.94 bits per heavy atom. The Balaban J connectivity index is 2.85. The van der Waals surface area contributed by atoms with Gasteiger partial charge in [0.2, 0.25) is 0 Å². The van der Waals surface area contributed by atoms with Crippen molar-refractivity contribution >= 4 is 15.9 Å². The summed E-state index contributed by atoms with van der Waals surface area (Å²) in [4.78, 5) is 0. The number of hydrogen-bond acceptors (Lipinski definition) is 3. The summed E-state index contributed by atoms with van der Waals surface area (Å²) in [5.74, 6) is 0.619. The van der Waals surface area contributed by atoms with E-state index in [0.29, 0.717) is 18.6 Å². The van der Waals surface area contributed by atoms with Gasteiger partial charge in [-0.2, -0.15) is 0 Å². The largest absolute Gasteiger partial charge is 0.490 e. The van der Waals surface area contributed by atoms with Gasteiger partial charge >= 0.3 is 0 Å². The lowest BCUT2D eigenvalue weighted by Crippen LogP contribution is -2.34. The standard InChI is InChI=1S/C14H21BrO3/c1-4-14(17,5-2)9-18-13-7-6-11(15)8-12(13)10(3)16/h6-8,10,16-17H,4-5,9H2,1-3H3. The first-order valence-corrected chi connectivity index (χ1v) is 7.04. The third-order valence-corrected chi connectivity index (χ3v) is 3.73. The molecule has 4 heteroatoms. The summed E-state index contributed by atoms with van der Waals surface area (Å²) in [7, 11) is 0. The number of aliphatic hydroxyl groups is 2. The average molecular weight is 317 g/mol. The molecule has 0 heterocycles. The van der Waals surface area contributed by atoms with Gasteiger partial charge in [0.15, 0.2) is 0 Å². The molecule has 18 heavy (non-hydrogen) atoms. The van der Waals surface area contributed by atoms with E-state index < -0.39 is 11.7 Å². The summed E-state index contributed by atoms with van der Waals surface area (Å²) in [6.45, 7) is 5.80. The predicted octanol–water partition coefficient (Wildman–Crippen LogP) is 3.43. The Labute approximate surface area is 117 Å². The molecule has 0 spiro atoms. The molecule has 0 radical (unpaired) electrons. The van der Waals surface area contributed by atoms with Gasteiger partial charge in [0.05, 0.1) is 11.7 Å². The first-order valence-electron chi connectivity index (χ1n) is 6.24. The second kappa shape index (κ2) is 6.55. The van der Waals surface area contributed by atoms with Gasteiger partial charge in [-0.25, -0.2) is 0 Å². The Bertz CT molecular complexity index is 387. The normalized spacial score (nSPS) is 13.4. The summed E-state index contributed by atoms with van der Waals surface area (Å²) < 4.78 is 6.56. The quantitative estimate of drug-likeness (QED) is 0.845. The van der Waals surface area contributed by atoms with Crippen molar-refractivity contribution in [3.8, 4) is 5.75 Å². The molecule has 0 amide bonds. The van der Waals surface area contributed by atoms with Crippen molar-refractivity contribution < 1.29 is 14.9 Å². The summed E-state index contributed by atoms with van der Waals surface area (Å²) in [5, 5.41) is 19.9. The van der Waals surface area contributed by atoms with E-state index in [1.54, 1.807) is 13.0 Å². The highest BCUT2D eigenvalue weighted by molar-refractivity contribution is 9.10. The third-order valence-electron chi connectivity index (χ3n) is 3.23. The number of aliphatic hydroxyl groups excluding tert-OH is 1. The maximum atomic E-state index is 10.2. The third kappa shape index (κ3) is 3.97. The van der Waals surface area contributed by atoms with Gasteiger partial charge in [0, 0.05) is 10.0 Å². The van der Waals surface area contributed by atoms with Crippen LogP contribution >= 0.6 is 15.9 Å². The second-order valence-electron chi connectivity index (χ2n) is 4.58. The minimum atomic E-state index is -0.803. The number of benzene rings is 1. The van der Waals surface area contributed by atoms with Crippen molar-refractivity contribution in [2.75, 3.05) is 6.61 Å². The number of ether oxygens (including phenoxy) is 1. The Hall–Kier alpha value is -0.580. The highest BCUT2D eigenvalue weighted by atomic mass is 79.9. The van der Waals surface area contributed by atoms with Gasteiger partial charge in [-0.1, -0.05) is 29.8 Å². The van der Waals surface area contributed by atoms with Crippen LogP contribution in [0.3, 0.4) is 0 Å². The molecule has 1 aromatic rings. The lowest BCUT2D eigenvalue weighted by molar-refractivity contribution is -0.0121. The van der Waals surface area contributed by atoms with Gasteiger partial charge in [0.25, 0.3) is 0 Å². The van der Waals surface area contributed by atoms with Crippen molar-refractivity contribution in [3.63, 3.8) is 0 Å². The SMILES string of the molecule is CCC(O)(CC)COc1ccc(Br)cc1C(C)O. The van der Waals surface area contributed by atoms with E-state index in [1.165, 1.54) is 0 Å². The molecule has 1 unspecified atom stereocenters. The van der Waals surface area contributed by atoms with Gasteiger partial charge in [-0.3, -0.25) is 0 Å². The molecule has 0 saturated carbocycles. The molecule has 102 valence electrons. The van der Waals surface area contributed by atoms with Crippen molar-refractivity contribution in [1.82, 2.24) is 0 Å². The van der Waals surface area contributed by atoms with Crippen molar-refractivity contribution in [2.24, 2.45) is 0 Å². The van der Waals surface area contributed by atoms with E-state index in [0.717, 1.165) is 10.0 Å². The zero-order chi connectivity index (χ0) is 13.8. The fourth-order valence-electron chi connectivity index (χ4n) is 1.64. The van der Waals surface area contributed by atoms with Crippen molar-refractivity contribution in [3.05, 3.63) is 28.2 Å². The maximum absolute atomic E-state index is 10.2. The lowest BCUT2D eigenvalue weighted by atomic mass is 9.99. The maximum Gasteiger partial charge on any atom is 0.125 e. The fourth-order valence-corrected chi connectivity index (χ4v) is 2.02. The summed E-state index contributed by atoms with van der Waals surface area (Å²) >= 11 is 3.37. The van der Waals surface area contributed by atoms with Gasteiger partial charge in [-0.15, -0.1) is 0 Å². The first-order chi connectivity index (χ1) is 8.41. The highest BCUT2D eigenvalue weighted by Gasteiger charge is 2.24.